The largest absolute Gasteiger partial charge is 0.388 e. The monoisotopic (exact) mass is 275 g/mol. The quantitative estimate of drug-likeness (QED) is 0.698. The molecular weight excluding hydrogens is 254 g/mol. The maximum absolute atomic E-state index is 11.2. The molecule has 5 atom stereocenters. The number of amides is 1. The second-order valence-electron chi connectivity index (χ2n) is 5.29. The fraction of sp³-hybridized carbons (Fsp3) is 0.917. The van der Waals surface area contributed by atoms with Gasteiger partial charge < -0.3 is 29.4 Å². The van der Waals surface area contributed by atoms with E-state index in [2.05, 4.69) is 5.32 Å². The van der Waals surface area contributed by atoms with Gasteiger partial charge in [-0.05, 0) is 13.8 Å². The van der Waals surface area contributed by atoms with Gasteiger partial charge in [0.1, 0.15) is 24.4 Å². The summed E-state index contributed by atoms with van der Waals surface area (Å²) < 4.78 is 22.0. The molecule has 19 heavy (non-hydrogen) atoms. The summed E-state index contributed by atoms with van der Waals surface area (Å²) >= 11 is 0. The van der Waals surface area contributed by atoms with E-state index >= 15 is 0 Å². The van der Waals surface area contributed by atoms with Crippen LogP contribution in [-0.2, 0) is 23.7 Å². The Morgan fingerprint density at radius 3 is 2.74 bits per heavy atom. The van der Waals surface area contributed by atoms with E-state index in [0.717, 1.165) is 0 Å². The summed E-state index contributed by atoms with van der Waals surface area (Å²) in [5, 5.41) is 13.0. The first-order valence-corrected chi connectivity index (χ1v) is 6.29. The van der Waals surface area contributed by atoms with E-state index in [4.69, 9.17) is 18.9 Å². The van der Waals surface area contributed by atoms with Crippen molar-refractivity contribution < 1.29 is 28.8 Å². The number of carbonyl (C=O) groups is 1. The summed E-state index contributed by atoms with van der Waals surface area (Å²) in [5.74, 6) is -1.05. The Bertz CT molecular complexity index is 347. The van der Waals surface area contributed by atoms with Gasteiger partial charge in [0.15, 0.2) is 12.1 Å². The Hall–Kier alpha value is -0.730. The molecule has 2 aliphatic heterocycles. The Labute approximate surface area is 112 Å². The molecule has 0 unspecified atom stereocenters. The van der Waals surface area contributed by atoms with E-state index in [1.807, 2.05) is 0 Å². The lowest BCUT2D eigenvalue weighted by Crippen LogP contribution is -2.68. The summed E-state index contributed by atoms with van der Waals surface area (Å²) in [6, 6.07) is -0.669. The molecule has 2 aliphatic rings. The molecule has 2 saturated heterocycles. The van der Waals surface area contributed by atoms with Gasteiger partial charge in [-0.25, -0.2) is 0 Å². The van der Waals surface area contributed by atoms with Crippen LogP contribution < -0.4 is 5.32 Å². The highest BCUT2D eigenvalue weighted by atomic mass is 16.8. The standard InChI is InChI=1S/C12H21NO6/c1-6(14)13-8-9(15)10-7(18-11(8)16-4)5-17-12(2,3)19-10/h7-11,15H,5H2,1-4H3,(H,13,14)/t7-,8-,9-,10-,11+/m1/s1. The van der Waals surface area contributed by atoms with Gasteiger partial charge in [0, 0.05) is 14.0 Å². The van der Waals surface area contributed by atoms with Crippen LogP contribution in [0.1, 0.15) is 20.8 Å². The van der Waals surface area contributed by atoms with Crippen molar-refractivity contribution in [3.63, 3.8) is 0 Å². The maximum Gasteiger partial charge on any atom is 0.217 e. The van der Waals surface area contributed by atoms with Crippen LogP contribution in [0.4, 0.5) is 0 Å². The Morgan fingerprint density at radius 2 is 2.16 bits per heavy atom. The molecule has 0 aliphatic carbocycles. The molecule has 2 rings (SSSR count). The molecule has 0 aromatic rings. The Kier molecular flexibility index (Phi) is 4.12. The molecule has 2 fully saturated rings. The highest BCUT2D eigenvalue weighted by Gasteiger charge is 2.51. The highest BCUT2D eigenvalue weighted by Crippen LogP contribution is 2.32. The molecule has 1 amide bonds. The third-order valence-corrected chi connectivity index (χ3v) is 3.29. The summed E-state index contributed by atoms with van der Waals surface area (Å²) in [6.45, 7) is 5.22. The van der Waals surface area contributed by atoms with Crippen LogP contribution in [0.15, 0.2) is 0 Å². The summed E-state index contributed by atoms with van der Waals surface area (Å²) in [4.78, 5) is 11.2. The first-order chi connectivity index (χ1) is 8.84. The SMILES string of the molecule is CO[C@H]1O[C@@H]2COC(C)(C)O[C@H]2[C@H](O)[C@H]1NC(C)=O. The molecule has 7 heteroatoms. The molecule has 0 saturated carbocycles. The van der Waals surface area contributed by atoms with Crippen LogP contribution in [0.3, 0.4) is 0 Å². The summed E-state index contributed by atoms with van der Waals surface area (Å²) in [6.07, 6.45) is -2.63. The molecule has 0 aromatic carbocycles. The van der Waals surface area contributed by atoms with Gasteiger partial charge in [-0.1, -0.05) is 0 Å². The summed E-state index contributed by atoms with van der Waals surface area (Å²) in [5.41, 5.74) is 0. The first kappa shape index (κ1) is 14.7. The van der Waals surface area contributed by atoms with Crippen LogP contribution in [0.25, 0.3) is 0 Å². The van der Waals surface area contributed by atoms with Gasteiger partial charge >= 0.3 is 0 Å². The van der Waals surface area contributed by atoms with Gasteiger partial charge in [0.2, 0.25) is 5.91 Å². The predicted octanol–water partition coefficient (Wildman–Crippen LogP) is -0.625. The normalized spacial score (nSPS) is 41.4. The molecule has 2 N–H and O–H groups in total. The average molecular weight is 275 g/mol. The number of hydrogen-bond acceptors (Lipinski definition) is 6. The van der Waals surface area contributed by atoms with Crippen molar-refractivity contribution in [2.24, 2.45) is 0 Å². The van der Waals surface area contributed by atoms with Crippen LogP contribution in [0.2, 0.25) is 0 Å². The average Bonchev–Trinajstić information content (AvgIpc) is 2.32. The number of carbonyl (C=O) groups excluding carboxylic acids is 1. The van der Waals surface area contributed by atoms with Gasteiger partial charge in [-0.15, -0.1) is 0 Å². The lowest BCUT2D eigenvalue weighted by molar-refractivity contribution is -0.366. The maximum atomic E-state index is 11.2. The highest BCUT2D eigenvalue weighted by molar-refractivity contribution is 5.73. The fourth-order valence-corrected chi connectivity index (χ4v) is 2.43. The lowest BCUT2D eigenvalue weighted by Gasteiger charge is -2.49. The van der Waals surface area contributed by atoms with Gasteiger partial charge in [-0.2, -0.15) is 0 Å². The van der Waals surface area contributed by atoms with Crippen LogP contribution in [0, 0.1) is 0 Å². The predicted molar refractivity (Wildman–Crippen MR) is 64.2 cm³/mol. The van der Waals surface area contributed by atoms with Crippen LogP contribution >= 0.6 is 0 Å². The number of aliphatic hydroxyl groups excluding tert-OH is 1. The number of rotatable bonds is 2. The van der Waals surface area contributed by atoms with E-state index in [1.165, 1.54) is 14.0 Å². The second kappa shape index (κ2) is 5.34. The van der Waals surface area contributed by atoms with Crippen LogP contribution in [-0.4, -0.2) is 61.2 Å². The molecule has 7 nitrogen and oxygen atoms in total. The van der Waals surface area contributed by atoms with Gasteiger partial charge in [0.25, 0.3) is 0 Å². The van der Waals surface area contributed by atoms with Gasteiger partial charge in [-0.3, -0.25) is 4.79 Å². The minimum atomic E-state index is -0.921. The number of methoxy groups -OCH3 is 1. The topological polar surface area (TPSA) is 86.2 Å². The first-order valence-electron chi connectivity index (χ1n) is 6.29. The third-order valence-electron chi connectivity index (χ3n) is 3.29. The molecule has 0 spiro atoms. The lowest BCUT2D eigenvalue weighted by atomic mass is 9.95. The molecule has 0 radical (unpaired) electrons. The van der Waals surface area contributed by atoms with E-state index in [0.29, 0.717) is 6.61 Å². The van der Waals surface area contributed by atoms with Crippen molar-refractivity contribution in [1.82, 2.24) is 5.32 Å². The molecule has 0 bridgehead atoms. The second-order valence-corrected chi connectivity index (χ2v) is 5.29. The van der Waals surface area contributed by atoms with Gasteiger partial charge in [0.05, 0.1) is 6.61 Å². The Balaban J connectivity index is 2.15. The van der Waals surface area contributed by atoms with E-state index in [-0.39, 0.29) is 5.91 Å². The third kappa shape index (κ3) is 3.06. The van der Waals surface area contributed by atoms with Crippen LogP contribution in [0.5, 0.6) is 0 Å². The minimum Gasteiger partial charge on any atom is -0.388 e. The number of nitrogens with one attached hydrogen (secondary N) is 1. The molecule has 2 heterocycles. The fourth-order valence-electron chi connectivity index (χ4n) is 2.43. The smallest absolute Gasteiger partial charge is 0.217 e. The molecule has 110 valence electrons. The zero-order valence-electron chi connectivity index (χ0n) is 11.6. The minimum absolute atomic E-state index is 0.264. The number of hydrogen-bond donors (Lipinski definition) is 2. The van der Waals surface area contributed by atoms with Crippen molar-refractivity contribution in [1.29, 1.82) is 0 Å². The molecular formula is C12H21NO6. The van der Waals surface area contributed by atoms with Crippen molar-refractivity contribution in [2.75, 3.05) is 13.7 Å². The summed E-state index contributed by atoms with van der Waals surface area (Å²) in [7, 11) is 1.46. The van der Waals surface area contributed by atoms with Crippen molar-refractivity contribution in [3.8, 4) is 0 Å². The van der Waals surface area contributed by atoms with E-state index in [1.54, 1.807) is 13.8 Å². The number of ether oxygens (including phenoxy) is 4. The van der Waals surface area contributed by atoms with Crippen molar-refractivity contribution in [3.05, 3.63) is 0 Å². The zero-order chi connectivity index (χ0) is 14.2. The zero-order valence-corrected chi connectivity index (χ0v) is 11.6. The van der Waals surface area contributed by atoms with Crippen molar-refractivity contribution >= 4 is 5.91 Å². The molecule has 0 aromatic heterocycles. The van der Waals surface area contributed by atoms with E-state index in [9.17, 15) is 9.90 Å². The van der Waals surface area contributed by atoms with E-state index < -0.39 is 36.4 Å². The van der Waals surface area contributed by atoms with Crippen molar-refractivity contribution in [2.45, 2.75) is 57.2 Å². The number of aliphatic hydroxyl groups is 1. The number of fused-ring (bicyclic) bond motifs is 1. The Morgan fingerprint density at radius 1 is 1.47 bits per heavy atom.